The maximum absolute atomic E-state index is 12.8. The molecule has 0 spiro atoms. The molecule has 2 rings (SSSR count). The van der Waals surface area contributed by atoms with Crippen molar-refractivity contribution in [1.29, 1.82) is 0 Å². The maximum Gasteiger partial charge on any atom is 0.432 e. The Morgan fingerprint density at radius 2 is 1.63 bits per heavy atom. The van der Waals surface area contributed by atoms with Gasteiger partial charge in [0.15, 0.2) is 5.71 Å². The van der Waals surface area contributed by atoms with Crippen molar-refractivity contribution in [3.63, 3.8) is 0 Å². The molecule has 0 saturated carbocycles. The molecule has 30 heavy (non-hydrogen) atoms. The molecule has 12 heteroatoms. The number of alkyl halides is 7. The van der Waals surface area contributed by atoms with Gasteiger partial charge in [-0.1, -0.05) is 0 Å². The molecular weight excluding hydrogens is 438 g/mol. The molecule has 1 aliphatic heterocycles. The minimum absolute atomic E-state index is 0.0910. The zero-order valence-electron chi connectivity index (χ0n) is 16.1. The molecule has 0 atom stereocenters. The van der Waals surface area contributed by atoms with Gasteiger partial charge in [0.2, 0.25) is 5.91 Å². The number of piperazine rings is 1. The zero-order valence-corrected chi connectivity index (χ0v) is 16.9. The summed E-state index contributed by atoms with van der Waals surface area (Å²) < 4.78 is 76.4. The lowest BCUT2D eigenvalue weighted by Crippen LogP contribution is -2.51. The predicted molar refractivity (Wildman–Crippen MR) is 102 cm³/mol. The highest BCUT2D eigenvalue weighted by Gasteiger charge is 2.36. The Morgan fingerprint density at radius 3 is 2.07 bits per heavy atom. The van der Waals surface area contributed by atoms with Crippen molar-refractivity contribution in [3.05, 3.63) is 29.8 Å². The third-order valence-electron chi connectivity index (χ3n) is 4.59. The van der Waals surface area contributed by atoms with Crippen LogP contribution in [-0.2, 0) is 11.0 Å². The average Bonchev–Trinajstić information content (AvgIpc) is 2.69. The standard InChI is InChI=1S/C18H21ClF6N4O/c1-2-29(26-15(11-19)18(23,24)25)12-16(30)28-9-7-27(8-10-28)14-5-3-13(4-6-14)17(20,21)22/h3-6H,2,7-12H2,1H3/b26-15+. The lowest BCUT2D eigenvalue weighted by atomic mass is 10.1. The van der Waals surface area contributed by atoms with E-state index >= 15 is 0 Å². The quantitative estimate of drug-likeness (QED) is 0.281. The summed E-state index contributed by atoms with van der Waals surface area (Å²) in [6, 6.07) is 4.75. The molecular formula is C18H21ClF6N4O. The van der Waals surface area contributed by atoms with Crippen LogP contribution in [0, 0.1) is 0 Å². The van der Waals surface area contributed by atoms with Crippen LogP contribution in [0.4, 0.5) is 32.0 Å². The molecule has 0 unspecified atom stereocenters. The molecule has 0 radical (unpaired) electrons. The van der Waals surface area contributed by atoms with Crippen LogP contribution < -0.4 is 4.90 Å². The molecule has 0 aromatic heterocycles. The van der Waals surface area contributed by atoms with E-state index in [2.05, 4.69) is 5.10 Å². The van der Waals surface area contributed by atoms with Crippen LogP contribution >= 0.6 is 11.6 Å². The minimum atomic E-state index is -4.68. The monoisotopic (exact) mass is 458 g/mol. The molecule has 168 valence electrons. The number of hydrogen-bond donors (Lipinski definition) is 0. The summed E-state index contributed by atoms with van der Waals surface area (Å²) in [5.74, 6) is -1.20. The van der Waals surface area contributed by atoms with Crippen molar-refractivity contribution < 1.29 is 31.1 Å². The van der Waals surface area contributed by atoms with E-state index in [0.717, 1.165) is 17.1 Å². The zero-order chi connectivity index (χ0) is 22.5. The van der Waals surface area contributed by atoms with E-state index in [9.17, 15) is 31.1 Å². The fourth-order valence-electron chi connectivity index (χ4n) is 2.88. The van der Waals surface area contributed by atoms with Crippen LogP contribution in [0.1, 0.15) is 12.5 Å². The number of carbonyl (C=O) groups excluding carboxylic acids is 1. The third kappa shape index (κ3) is 6.41. The third-order valence-corrected chi connectivity index (χ3v) is 4.84. The smallest absolute Gasteiger partial charge is 0.368 e. The summed E-state index contributed by atoms with van der Waals surface area (Å²) in [6.07, 6.45) is -9.09. The number of amides is 1. The number of hydrazone groups is 1. The van der Waals surface area contributed by atoms with Crippen molar-refractivity contribution in [3.8, 4) is 0 Å². The van der Waals surface area contributed by atoms with Crippen molar-refractivity contribution >= 4 is 28.9 Å². The summed E-state index contributed by atoms with van der Waals surface area (Å²) in [5, 5.41) is 4.46. The number of anilines is 1. The molecule has 1 heterocycles. The van der Waals surface area contributed by atoms with Crippen molar-refractivity contribution in [2.75, 3.05) is 50.0 Å². The van der Waals surface area contributed by atoms with Gasteiger partial charge in [-0.15, -0.1) is 11.6 Å². The Morgan fingerprint density at radius 1 is 1.07 bits per heavy atom. The molecule has 1 saturated heterocycles. The van der Waals surface area contributed by atoms with E-state index in [1.807, 2.05) is 4.90 Å². The highest BCUT2D eigenvalue weighted by Crippen LogP contribution is 2.30. The van der Waals surface area contributed by atoms with Gasteiger partial charge < -0.3 is 9.80 Å². The summed E-state index contributed by atoms with van der Waals surface area (Å²) in [5.41, 5.74) is -1.31. The van der Waals surface area contributed by atoms with Gasteiger partial charge in [0, 0.05) is 38.4 Å². The second-order valence-electron chi connectivity index (χ2n) is 6.57. The summed E-state index contributed by atoms with van der Waals surface area (Å²) in [6.45, 7) is 2.71. The number of halogens is 7. The molecule has 1 aromatic rings. The summed E-state index contributed by atoms with van der Waals surface area (Å²) in [4.78, 5) is 15.8. The Bertz CT molecular complexity index is 743. The van der Waals surface area contributed by atoms with Gasteiger partial charge in [-0.2, -0.15) is 31.4 Å². The van der Waals surface area contributed by atoms with Crippen LogP contribution in [0.25, 0.3) is 0 Å². The highest BCUT2D eigenvalue weighted by atomic mass is 35.5. The number of likely N-dealkylation sites (N-methyl/N-ethyl adjacent to an activating group) is 1. The first-order chi connectivity index (χ1) is 14.0. The van der Waals surface area contributed by atoms with Gasteiger partial charge >= 0.3 is 12.4 Å². The van der Waals surface area contributed by atoms with Gasteiger partial charge in [-0.3, -0.25) is 9.80 Å². The fraction of sp³-hybridized carbons (Fsp3) is 0.556. The Balaban J connectivity index is 1.94. The largest absolute Gasteiger partial charge is 0.432 e. The Hall–Kier alpha value is -2.17. The molecule has 0 N–H and O–H groups in total. The van der Waals surface area contributed by atoms with Crippen molar-refractivity contribution in [2.45, 2.75) is 19.3 Å². The van der Waals surface area contributed by atoms with Gasteiger partial charge in [0.1, 0.15) is 6.54 Å². The fourth-order valence-corrected chi connectivity index (χ4v) is 3.08. The molecule has 0 bridgehead atoms. The van der Waals surface area contributed by atoms with Crippen LogP contribution in [0.5, 0.6) is 0 Å². The second-order valence-corrected chi connectivity index (χ2v) is 6.84. The van der Waals surface area contributed by atoms with Gasteiger partial charge in [0.05, 0.1) is 11.4 Å². The van der Waals surface area contributed by atoms with E-state index < -0.39 is 29.5 Å². The molecule has 1 aliphatic rings. The van der Waals surface area contributed by atoms with Crippen LogP contribution in [0.2, 0.25) is 0 Å². The first-order valence-corrected chi connectivity index (χ1v) is 9.64. The number of benzene rings is 1. The molecule has 5 nitrogen and oxygen atoms in total. The van der Waals surface area contributed by atoms with Crippen LogP contribution in [0.3, 0.4) is 0 Å². The number of rotatable bonds is 6. The topological polar surface area (TPSA) is 39.2 Å². The van der Waals surface area contributed by atoms with E-state index in [0.29, 0.717) is 31.9 Å². The van der Waals surface area contributed by atoms with E-state index in [1.165, 1.54) is 17.0 Å². The van der Waals surface area contributed by atoms with Crippen molar-refractivity contribution in [2.24, 2.45) is 5.10 Å². The number of carbonyl (C=O) groups is 1. The highest BCUT2D eigenvalue weighted by molar-refractivity contribution is 6.29. The summed E-state index contributed by atoms with van der Waals surface area (Å²) in [7, 11) is 0. The molecule has 1 aromatic carbocycles. The SMILES string of the molecule is CCN(CC(=O)N1CCN(c2ccc(C(F)(F)F)cc2)CC1)/N=C(\CCl)C(F)(F)F. The van der Waals surface area contributed by atoms with Gasteiger partial charge in [-0.05, 0) is 31.2 Å². The van der Waals surface area contributed by atoms with Crippen LogP contribution in [-0.4, -0.2) is 72.9 Å². The average molecular weight is 459 g/mol. The Kier molecular flexibility index (Phi) is 7.84. The Labute approximate surface area is 174 Å². The maximum atomic E-state index is 12.8. The molecule has 1 amide bonds. The summed E-state index contributed by atoms with van der Waals surface area (Å²) >= 11 is 5.31. The molecule has 0 aliphatic carbocycles. The first-order valence-electron chi connectivity index (χ1n) is 9.11. The van der Waals surface area contributed by atoms with Gasteiger partial charge in [-0.25, -0.2) is 0 Å². The van der Waals surface area contributed by atoms with E-state index in [1.54, 1.807) is 6.92 Å². The van der Waals surface area contributed by atoms with E-state index in [-0.39, 0.29) is 19.0 Å². The molecule has 1 fully saturated rings. The van der Waals surface area contributed by atoms with Crippen LogP contribution in [0.15, 0.2) is 29.4 Å². The number of nitrogens with zero attached hydrogens (tertiary/aromatic N) is 4. The normalized spacial score (nSPS) is 16.1. The minimum Gasteiger partial charge on any atom is -0.368 e. The van der Waals surface area contributed by atoms with Crippen molar-refractivity contribution in [1.82, 2.24) is 9.91 Å². The lowest BCUT2D eigenvalue weighted by molar-refractivity contribution is -0.137. The van der Waals surface area contributed by atoms with E-state index in [4.69, 9.17) is 11.6 Å². The lowest BCUT2D eigenvalue weighted by Gasteiger charge is -2.36. The second kappa shape index (κ2) is 9.76. The predicted octanol–water partition coefficient (Wildman–Crippen LogP) is 3.83. The first kappa shape index (κ1) is 24.1. The number of hydrogen-bond acceptors (Lipinski definition) is 4. The van der Waals surface area contributed by atoms with Gasteiger partial charge in [0.25, 0.3) is 0 Å².